The number of hydrogen-bond donors (Lipinski definition) is 2. The number of Topliss-reactive ketones (excluding diaryl/α,β-unsaturated/α-hetero) is 1. The van der Waals surface area contributed by atoms with Crippen LogP contribution < -0.4 is 5.32 Å². The molecule has 1 aromatic heterocycles. The number of aromatic nitrogens is 1. The highest BCUT2D eigenvalue weighted by atomic mass is 19.3. The zero-order valence-electron chi connectivity index (χ0n) is 18.9. The topological polar surface area (TPSA) is 62.2 Å². The monoisotopic (exact) mass is 432 g/mol. The lowest BCUT2D eigenvalue weighted by molar-refractivity contribution is -0.181. The van der Waals surface area contributed by atoms with Gasteiger partial charge in [0, 0.05) is 31.5 Å². The second kappa shape index (κ2) is 10.3. The smallest absolute Gasteiger partial charge is 0.253 e. The Morgan fingerprint density at radius 2 is 2.00 bits per heavy atom. The first kappa shape index (κ1) is 24.9. The van der Waals surface area contributed by atoms with Crippen molar-refractivity contribution in [1.29, 1.82) is 0 Å². The van der Waals surface area contributed by atoms with Crippen LogP contribution >= 0.6 is 0 Å². The quantitative estimate of drug-likeness (QED) is 0.669. The largest absolute Gasteiger partial charge is 0.387 e. The number of ketones is 1. The minimum absolute atomic E-state index is 0.0288. The fourth-order valence-corrected chi connectivity index (χ4v) is 4.41. The van der Waals surface area contributed by atoms with Gasteiger partial charge in [0.25, 0.3) is 5.92 Å². The number of allylic oxidation sites excluding steroid dienone is 2. The van der Waals surface area contributed by atoms with Crippen molar-refractivity contribution in [1.82, 2.24) is 10.3 Å². The second-order valence-corrected chi connectivity index (χ2v) is 8.32. The van der Waals surface area contributed by atoms with E-state index < -0.39 is 29.6 Å². The molecule has 4 atom stereocenters. The zero-order chi connectivity index (χ0) is 23.2. The van der Waals surface area contributed by atoms with Gasteiger partial charge in [-0.15, -0.1) is 0 Å². The Bertz CT molecular complexity index is 832. The molecule has 0 spiro atoms. The zero-order valence-corrected chi connectivity index (χ0v) is 18.9. The molecule has 0 saturated heterocycles. The van der Waals surface area contributed by atoms with Gasteiger partial charge in [-0.3, -0.25) is 9.78 Å². The Balaban J connectivity index is 0.000000204. The molecule has 2 heterocycles. The number of fused-ring (bicyclic) bond motifs is 1. The molecule has 1 aromatic rings. The third kappa shape index (κ3) is 5.48. The summed E-state index contributed by atoms with van der Waals surface area (Å²) in [5, 5.41) is 13.2. The van der Waals surface area contributed by atoms with Gasteiger partial charge in [-0.1, -0.05) is 46.4 Å². The molecular weight excluding hydrogens is 398 g/mol. The summed E-state index contributed by atoms with van der Waals surface area (Å²) in [5.74, 6) is -4.30. The summed E-state index contributed by atoms with van der Waals surface area (Å²) in [6.45, 7) is 11.9. The Labute approximate surface area is 184 Å². The number of carbonyl (C=O) groups excluding carboxylic acids is 1. The van der Waals surface area contributed by atoms with Crippen LogP contribution in [0.3, 0.4) is 0 Å². The highest BCUT2D eigenvalue weighted by molar-refractivity contribution is 5.90. The molecule has 6 heteroatoms. The number of pyridine rings is 1. The number of carbonyl (C=O) groups is 1. The van der Waals surface area contributed by atoms with Crippen molar-refractivity contribution in [2.45, 2.75) is 58.5 Å². The van der Waals surface area contributed by atoms with Gasteiger partial charge < -0.3 is 10.4 Å². The fourth-order valence-electron chi connectivity index (χ4n) is 4.41. The third-order valence-electron chi connectivity index (χ3n) is 6.29. The van der Waals surface area contributed by atoms with Crippen molar-refractivity contribution in [2.24, 2.45) is 17.8 Å². The maximum absolute atomic E-state index is 13.5. The van der Waals surface area contributed by atoms with Gasteiger partial charge in [-0.25, -0.2) is 8.78 Å². The predicted molar refractivity (Wildman–Crippen MR) is 121 cm³/mol. The normalized spacial score (nSPS) is 30.5. The number of hydrogen-bond acceptors (Lipinski definition) is 4. The molecule has 4 nitrogen and oxygen atoms in total. The number of nitrogens with zero attached hydrogens (tertiary/aromatic N) is 1. The van der Waals surface area contributed by atoms with Crippen LogP contribution in [0.15, 0.2) is 43.3 Å². The van der Waals surface area contributed by atoms with E-state index in [9.17, 15) is 18.7 Å². The van der Waals surface area contributed by atoms with Gasteiger partial charge in [0.1, 0.15) is 5.60 Å². The fraction of sp³-hybridized carbons (Fsp3) is 0.520. The Hall–Kier alpha value is -2.34. The van der Waals surface area contributed by atoms with Crippen LogP contribution in [-0.4, -0.2) is 33.9 Å². The summed E-state index contributed by atoms with van der Waals surface area (Å²) in [7, 11) is 0. The molecule has 3 aliphatic rings. The van der Waals surface area contributed by atoms with Gasteiger partial charge in [-0.05, 0) is 53.8 Å². The molecule has 0 amide bonds. The molecule has 0 bridgehead atoms. The van der Waals surface area contributed by atoms with Crippen LogP contribution in [0.5, 0.6) is 0 Å². The summed E-state index contributed by atoms with van der Waals surface area (Å²) >= 11 is 0. The van der Waals surface area contributed by atoms with E-state index in [0.717, 1.165) is 17.8 Å². The minimum atomic E-state index is -2.91. The van der Waals surface area contributed by atoms with Crippen LogP contribution in [0.25, 0.3) is 11.6 Å². The summed E-state index contributed by atoms with van der Waals surface area (Å²) in [6.07, 6.45) is 9.46. The van der Waals surface area contributed by atoms with Gasteiger partial charge in [0.05, 0.1) is 5.69 Å². The average Bonchev–Trinajstić information content (AvgIpc) is 2.98. The molecule has 0 aromatic carbocycles. The Morgan fingerprint density at radius 3 is 2.55 bits per heavy atom. The van der Waals surface area contributed by atoms with E-state index in [0.29, 0.717) is 0 Å². The van der Waals surface area contributed by atoms with Crippen LogP contribution in [0.1, 0.15) is 58.2 Å². The Morgan fingerprint density at radius 1 is 1.29 bits per heavy atom. The first-order valence-corrected chi connectivity index (χ1v) is 11.0. The molecule has 0 radical (unpaired) electrons. The van der Waals surface area contributed by atoms with Crippen molar-refractivity contribution >= 4 is 17.4 Å². The predicted octanol–water partition coefficient (Wildman–Crippen LogP) is 5.26. The molecule has 4 rings (SSSR count). The molecule has 1 aliphatic heterocycles. The SMILES string of the molecule is C=Cc1ccc(C2=CC=CNC2)cn1.CC.CC1CC(=O)C2(O)CC(F)(F)C(C)CC12. The lowest BCUT2D eigenvalue weighted by Crippen LogP contribution is -2.53. The standard InChI is InChI=1S/C12H12N2.C11H16F2O2.C2H6/c1-2-12-6-5-11(9-14-12)10-4-3-7-13-8-10;1-6-3-9(14)10(15)5-11(12,13)7(2)4-8(6)10;1-2/h2-7,9,13H,1,8H2;6-8,15H,3-5H2,1-2H3;1-2H3. The highest BCUT2D eigenvalue weighted by Crippen LogP contribution is 2.53. The van der Waals surface area contributed by atoms with Crippen LogP contribution in [0, 0.1) is 17.8 Å². The van der Waals surface area contributed by atoms with Crippen LogP contribution in [-0.2, 0) is 4.79 Å². The van der Waals surface area contributed by atoms with Crippen molar-refractivity contribution in [3.8, 4) is 0 Å². The number of rotatable bonds is 2. The molecule has 4 unspecified atom stereocenters. The number of alkyl halides is 2. The first-order valence-electron chi connectivity index (χ1n) is 11.0. The van der Waals surface area contributed by atoms with Crippen molar-refractivity contribution in [3.05, 3.63) is 54.5 Å². The first-order chi connectivity index (χ1) is 14.7. The molecule has 2 fully saturated rings. The van der Waals surface area contributed by atoms with Crippen molar-refractivity contribution in [2.75, 3.05) is 6.54 Å². The number of nitrogens with one attached hydrogen (secondary N) is 1. The van der Waals surface area contributed by atoms with Gasteiger partial charge in [0.2, 0.25) is 0 Å². The van der Waals surface area contributed by atoms with Crippen LogP contribution in [0.2, 0.25) is 0 Å². The van der Waals surface area contributed by atoms with E-state index in [2.05, 4.69) is 29.0 Å². The maximum Gasteiger partial charge on any atom is 0.253 e. The number of halogens is 2. The Kier molecular flexibility index (Phi) is 8.29. The summed E-state index contributed by atoms with van der Waals surface area (Å²) in [4.78, 5) is 15.8. The summed E-state index contributed by atoms with van der Waals surface area (Å²) < 4.78 is 26.9. The molecule has 170 valence electrons. The van der Waals surface area contributed by atoms with E-state index in [-0.39, 0.29) is 24.7 Å². The van der Waals surface area contributed by atoms with Gasteiger partial charge in [0.15, 0.2) is 5.78 Å². The molecular formula is C25H34F2N2O2. The second-order valence-electron chi connectivity index (χ2n) is 8.32. The third-order valence-corrected chi connectivity index (χ3v) is 6.29. The van der Waals surface area contributed by atoms with E-state index in [4.69, 9.17) is 0 Å². The lowest BCUT2D eigenvalue weighted by atomic mass is 9.69. The van der Waals surface area contributed by atoms with Crippen molar-refractivity contribution in [3.63, 3.8) is 0 Å². The molecule has 2 N–H and O–H groups in total. The van der Waals surface area contributed by atoms with Gasteiger partial charge in [-0.2, -0.15) is 0 Å². The molecule has 31 heavy (non-hydrogen) atoms. The van der Waals surface area contributed by atoms with E-state index in [1.807, 2.05) is 45.3 Å². The molecule has 2 aliphatic carbocycles. The average molecular weight is 433 g/mol. The van der Waals surface area contributed by atoms with Crippen LogP contribution in [0.4, 0.5) is 8.78 Å². The number of dihydropyridines is 1. The highest BCUT2D eigenvalue weighted by Gasteiger charge is 2.62. The lowest BCUT2D eigenvalue weighted by Gasteiger charge is -2.42. The summed E-state index contributed by atoms with van der Waals surface area (Å²) in [5.41, 5.74) is 1.58. The van der Waals surface area contributed by atoms with E-state index >= 15 is 0 Å². The molecule has 2 saturated carbocycles. The number of aliphatic hydroxyl groups is 1. The van der Waals surface area contributed by atoms with Gasteiger partial charge >= 0.3 is 0 Å². The van der Waals surface area contributed by atoms with E-state index in [1.54, 1.807) is 6.08 Å². The minimum Gasteiger partial charge on any atom is -0.387 e. The van der Waals surface area contributed by atoms with E-state index in [1.165, 1.54) is 12.5 Å². The van der Waals surface area contributed by atoms with Crippen molar-refractivity contribution < 1.29 is 18.7 Å². The maximum atomic E-state index is 13.5. The summed E-state index contributed by atoms with van der Waals surface area (Å²) in [6, 6.07) is 4.04.